The number of carbonyl (C=O) groups excluding carboxylic acids is 1. The summed E-state index contributed by atoms with van der Waals surface area (Å²) < 4.78 is 5.45. The first-order valence-corrected chi connectivity index (χ1v) is 6.55. The van der Waals surface area contributed by atoms with E-state index in [9.17, 15) is 4.79 Å². The maximum atomic E-state index is 11.7. The number of rotatable bonds is 7. The van der Waals surface area contributed by atoms with Crippen molar-refractivity contribution in [2.45, 2.75) is 13.3 Å². The maximum absolute atomic E-state index is 11.7. The van der Waals surface area contributed by atoms with Gasteiger partial charge in [-0.2, -0.15) is 0 Å². The molecule has 0 saturated heterocycles. The van der Waals surface area contributed by atoms with E-state index < -0.39 is 0 Å². The largest absolute Gasteiger partial charge is 0.492 e. The highest BCUT2D eigenvalue weighted by atomic mass is 16.5. The third-order valence-electron chi connectivity index (χ3n) is 2.50. The van der Waals surface area contributed by atoms with Gasteiger partial charge >= 0.3 is 6.03 Å². The standard InChI is InChI=1S/C14H23N3O2/c1-4-19-13-9-6-5-8-12(13)16-14(18)15-10-7-11-17(2)3/h5-6,8-9H,4,7,10-11H2,1-3H3,(H2,15,16,18). The van der Waals surface area contributed by atoms with Crippen LogP contribution in [0.1, 0.15) is 13.3 Å². The van der Waals surface area contributed by atoms with Crippen molar-refractivity contribution in [1.82, 2.24) is 10.2 Å². The van der Waals surface area contributed by atoms with Gasteiger partial charge in [0.25, 0.3) is 0 Å². The lowest BCUT2D eigenvalue weighted by Crippen LogP contribution is -2.31. The Labute approximate surface area is 114 Å². The van der Waals surface area contributed by atoms with E-state index in [4.69, 9.17) is 4.74 Å². The minimum absolute atomic E-state index is 0.203. The third-order valence-corrected chi connectivity index (χ3v) is 2.50. The summed E-state index contributed by atoms with van der Waals surface area (Å²) >= 11 is 0. The Morgan fingerprint density at radius 1 is 1.32 bits per heavy atom. The Bertz CT molecular complexity index is 394. The molecule has 0 fully saturated rings. The predicted octanol–water partition coefficient (Wildman–Crippen LogP) is 2.16. The molecule has 0 atom stereocenters. The van der Waals surface area contributed by atoms with E-state index >= 15 is 0 Å². The van der Waals surface area contributed by atoms with Crippen molar-refractivity contribution in [3.63, 3.8) is 0 Å². The molecule has 0 aliphatic carbocycles. The molecule has 106 valence electrons. The van der Waals surface area contributed by atoms with Crippen LogP contribution in [-0.4, -0.2) is 44.7 Å². The third kappa shape index (κ3) is 6.10. The number of benzene rings is 1. The molecule has 0 heterocycles. The topological polar surface area (TPSA) is 53.6 Å². The zero-order valence-corrected chi connectivity index (χ0v) is 11.9. The molecule has 5 nitrogen and oxygen atoms in total. The van der Waals surface area contributed by atoms with E-state index in [-0.39, 0.29) is 6.03 Å². The molecule has 19 heavy (non-hydrogen) atoms. The molecule has 5 heteroatoms. The molecule has 0 bridgehead atoms. The Kier molecular flexibility index (Phi) is 6.74. The monoisotopic (exact) mass is 265 g/mol. The number of carbonyl (C=O) groups is 1. The Balaban J connectivity index is 2.39. The van der Waals surface area contributed by atoms with Crippen molar-refractivity contribution in [1.29, 1.82) is 0 Å². The van der Waals surface area contributed by atoms with Gasteiger partial charge in [-0.25, -0.2) is 4.79 Å². The molecular weight excluding hydrogens is 242 g/mol. The quantitative estimate of drug-likeness (QED) is 0.743. The van der Waals surface area contributed by atoms with Gasteiger partial charge in [0.15, 0.2) is 0 Å². The Morgan fingerprint density at radius 3 is 2.74 bits per heavy atom. The summed E-state index contributed by atoms with van der Waals surface area (Å²) in [6.07, 6.45) is 0.924. The molecule has 0 aliphatic rings. The van der Waals surface area contributed by atoms with Gasteiger partial charge in [-0.15, -0.1) is 0 Å². The number of hydrogen-bond donors (Lipinski definition) is 2. The lowest BCUT2D eigenvalue weighted by atomic mass is 10.3. The lowest BCUT2D eigenvalue weighted by Gasteiger charge is -2.13. The summed E-state index contributed by atoms with van der Waals surface area (Å²) in [6.45, 7) is 4.10. The van der Waals surface area contributed by atoms with E-state index in [1.54, 1.807) is 0 Å². The molecule has 1 rings (SSSR count). The number of urea groups is 1. The van der Waals surface area contributed by atoms with Crippen molar-refractivity contribution in [2.24, 2.45) is 0 Å². The predicted molar refractivity (Wildman–Crippen MR) is 77.8 cm³/mol. The smallest absolute Gasteiger partial charge is 0.319 e. The molecule has 0 aliphatic heterocycles. The van der Waals surface area contributed by atoms with E-state index in [0.29, 0.717) is 24.6 Å². The molecule has 0 saturated carbocycles. The van der Waals surface area contributed by atoms with Gasteiger partial charge in [0.05, 0.1) is 12.3 Å². The van der Waals surface area contributed by atoms with Crippen LogP contribution < -0.4 is 15.4 Å². The highest BCUT2D eigenvalue weighted by Gasteiger charge is 2.06. The molecule has 0 aromatic heterocycles. The number of amides is 2. The van der Waals surface area contributed by atoms with E-state index in [0.717, 1.165) is 13.0 Å². The van der Waals surface area contributed by atoms with Crippen LogP contribution in [0.5, 0.6) is 5.75 Å². The highest BCUT2D eigenvalue weighted by Crippen LogP contribution is 2.23. The summed E-state index contributed by atoms with van der Waals surface area (Å²) in [7, 11) is 4.02. The number of nitrogens with zero attached hydrogens (tertiary/aromatic N) is 1. The number of ether oxygens (including phenoxy) is 1. The maximum Gasteiger partial charge on any atom is 0.319 e. The van der Waals surface area contributed by atoms with Crippen LogP contribution in [0.15, 0.2) is 24.3 Å². The first-order valence-electron chi connectivity index (χ1n) is 6.55. The molecule has 1 aromatic carbocycles. The van der Waals surface area contributed by atoms with Gasteiger partial charge in [0.2, 0.25) is 0 Å². The Hall–Kier alpha value is -1.75. The van der Waals surface area contributed by atoms with Gasteiger partial charge in [0.1, 0.15) is 5.75 Å². The van der Waals surface area contributed by atoms with Gasteiger partial charge in [-0.05, 0) is 46.1 Å². The summed E-state index contributed by atoms with van der Waals surface area (Å²) in [4.78, 5) is 13.8. The van der Waals surface area contributed by atoms with E-state index in [1.165, 1.54) is 0 Å². The van der Waals surface area contributed by atoms with Crippen LogP contribution in [0.25, 0.3) is 0 Å². The van der Waals surface area contributed by atoms with Gasteiger partial charge in [-0.3, -0.25) is 0 Å². The second-order valence-corrected chi connectivity index (χ2v) is 4.47. The number of hydrogen-bond acceptors (Lipinski definition) is 3. The first kappa shape index (κ1) is 15.3. The molecular formula is C14H23N3O2. The fourth-order valence-corrected chi connectivity index (χ4v) is 1.61. The molecule has 0 unspecified atom stereocenters. The van der Waals surface area contributed by atoms with Crippen molar-refractivity contribution in [3.8, 4) is 5.75 Å². The average molecular weight is 265 g/mol. The first-order chi connectivity index (χ1) is 9.13. The molecule has 0 spiro atoms. The van der Waals surface area contributed by atoms with Crippen LogP contribution >= 0.6 is 0 Å². The summed E-state index contributed by atoms with van der Waals surface area (Å²) in [6, 6.07) is 7.20. The van der Waals surface area contributed by atoms with Crippen molar-refractivity contribution in [2.75, 3.05) is 39.1 Å². The van der Waals surface area contributed by atoms with Gasteiger partial charge in [-0.1, -0.05) is 12.1 Å². The zero-order chi connectivity index (χ0) is 14.1. The normalized spacial score (nSPS) is 10.3. The van der Waals surface area contributed by atoms with Crippen molar-refractivity contribution < 1.29 is 9.53 Å². The second kappa shape index (κ2) is 8.37. The molecule has 2 N–H and O–H groups in total. The van der Waals surface area contributed by atoms with Crippen LogP contribution in [0.2, 0.25) is 0 Å². The summed E-state index contributed by atoms with van der Waals surface area (Å²) in [5, 5.41) is 5.62. The fraction of sp³-hybridized carbons (Fsp3) is 0.500. The van der Waals surface area contributed by atoms with E-state index in [1.807, 2.05) is 45.3 Å². The van der Waals surface area contributed by atoms with Crippen LogP contribution in [-0.2, 0) is 0 Å². The highest BCUT2D eigenvalue weighted by molar-refractivity contribution is 5.90. The van der Waals surface area contributed by atoms with Crippen LogP contribution in [0, 0.1) is 0 Å². The minimum Gasteiger partial charge on any atom is -0.492 e. The van der Waals surface area contributed by atoms with Crippen molar-refractivity contribution in [3.05, 3.63) is 24.3 Å². The molecule has 1 aromatic rings. The van der Waals surface area contributed by atoms with Crippen molar-refractivity contribution >= 4 is 11.7 Å². The van der Waals surface area contributed by atoms with Gasteiger partial charge < -0.3 is 20.3 Å². The Morgan fingerprint density at radius 2 is 2.05 bits per heavy atom. The number of nitrogens with one attached hydrogen (secondary N) is 2. The summed E-state index contributed by atoms with van der Waals surface area (Å²) in [5.41, 5.74) is 0.689. The zero-order valence-electron chi connectivity index (χ0n) is 11.9. The van der Waals surface area contributed by atoms with E-state index in [2.05, 4.69) is 15.5 Å². The minimum atomic E-state index is -0.203. The van der Waals surface area contributed by atoms with Crippen LogP contribution in [0.3, 0.4) is 0 Å². The second-order valence-electron chi connectivity index (χ2n) is 4.47. The molecule has 2 amide bonds. The number of para-hydroxylation sites is 2. The van der Waals surface area contributed by atoms with Crippen LogP contribution in [0.4, 0.5) is 10.5 Å². The number of anilines is 1. The fourth-order valence-electron chi connectivity index (χ4n) is 1.61. The molecule has 0 radical (unpaired) electrons. The summed E-state index contributed by atoms with van der Waals surface area (Å²) in [5.74, 6) is 0.688. The lowest BCUT2D eigenvalue weighted by molar-refractivity contribution is 0.251. The van der Waals surface area contributed by atoms with Gasteiger partial charge in [0, 0.05) is 6.54 Å². The average Bonchev–Trinajstić information content (AvgIpc) is 2.37. The SMILES string of the molecule is CCOc1ccccc1NC(=O)NCCCN(C)C.